The van der Waals surface area contributed by atoms with Crippen molar-refractivity contribution in [1.82, 2.24) is 4.57 Å². The van der Waals surface area contributed by atoms with Gasteiger partial charge in [-0.3, -0.25) is 0 Å². The molecule has 0 spiro atoms. The molecular formula is C44H30N2O. The fourth-order valence-corrected chi connectivity index (χ4v) is 6.77. The lowest BCUT2D eigenvalue weighted by Gasteiger charge is -2.26. The number of aromatic nitrogens is 1. The van der Waals surface area contributed by atoms with Gasteiger partial charge in [-0.2, -0.15) is 0 Å². The molecule has 9 rings (SSSR count). The van der Waals surface area contributed by atoms with E-state index in [1.165, 1.54) is 11.1 Å². The number of hydrogen-bond donors (Lipinski definition) is 0. The Morgan fingerprint density at radius 2 is 0.957 bits per heavy atom. The highest BCUT2D eigenvalue weighted by atomic mass is 16.3. The summed E-state index contributed by atoms with van der Waals surface area (Å²) in [5.74, 6) is 0. The molecule has 0 radical (unpaired) electrons. The smallest absolute Gasteiger partial charge is 0.161 e. The Balaban J connectivity index is 1.11. The van der Waals surface area contributed by atoms with E-state index in [2.05, 4.69) is 179 Å². The van der Waals surface area contributed by atoms with Crippen molar-refractivity contribution in [3.63, 3.8) is 0 Å². The third kappa shape index (κ3) is 4.68. The summed E-state index contributed by atoms with van der Waals surface area (Å²) in [4.78, 5) is 2.32. The van der Waals surface area contributed by atoms with Crippen LogP contribution in [0, 0.1) is 0 Å². The van der Waals surface area contributed by atoms with Crippen molar-refractivity contribution in [2.45, 2.75) is 0 Å². The van der Waals surface area contributed by atoms with Gasteiger partial charge in [0.2, 0.25) is 0 Å². The minimum absolute atomic E-state index is 0.906. The number of benzene rings is 7. The van der Waals surface area contributed by atoms with Crippen LogP contribution in [0.4, 0.5) is 17.1 Å². The van der Waals surface area contributed by atoms with Crippen LogP contribution in [-0.4, -0.2) is 4.57 Å². The summed E-state index contributed by atoms with van der Waals surface area (Å²) < 4.78 is 8.70. The standard InChI is InChI=1S/C44H30N2O/c1-3-12-31(13-4-1)32-22-26-36(27-23-32)45(35-15-5-2-6-16-35)38-17-11-14-34(30-38)33-24-28-37(29-25-33)46-41-20-9-7-18-39(41)44-43(46)40-19-8-10-21-42(40)47-44/h1-30H. The van der Waals surface area contributed by atoms with E-state index in [1.54, 1.807) is 0 Å². The Morgan fingerprint density at radius 1 is 0.404 bits per heavy atom. The first-order valence-corrected chi connectivity index (χ1v) is 15.9. The molecule has 0 saturated carbocycles. The molecule has 0 fully saturated rings. The minimum Gasteiger partial charge on any atom is -0.454 e. The maximum Gasteiger partial charge on any atom is 0.161 e. The summed E-state index contributed by atoms with van der Waals surface area (Å²) in [6.45, 7) is 0. The van der Waals surface area contributed by atoms with Gasteiger partial charge in [-0.05, 0) is 95.1 Å². The first kappa shape index (κ1) is 27.0. The predicted octanol–water partition coefficient (Wildman–Crippen LogP) is 12.3. The van der Waals surface area contributed by atoms with Crippen LogP contribution >= 0.6 is 0 Å². The molecule has 0 atom stereocenters. The molecule has 0 aliphatic carbocycles. The second-order valence-corrected chi connectivity index (χ2v) is 11.8. The first-order chi connectivity index (χ1) is 23.3. The summed E-state index contributed by atoms with van der Waals surface area (Å²) in [5.41, 5.74) is 13.2. The summed E-state index contributed by atoms with van der Waals surface area (Å²) >= 11 is 0. The monoisotopic (exact) mass is 602 g/mol. The van der Waals surface area contributed by atoms with E-state index < -0.39 is 0 Å². The highest BCUT2D eigenvalue weighted by molar-refractivity contribution is 6.16. The molecule has 222 valence electrons. The molecule has 2 aromatic heterocycles. The number of anilines is 3. The van der Waals surface area contributed by atoms with Crippen LogP contribution in [0.1, 0.15) is 0 Å². The van der Waals surface area contributed by atoms with Crippen LogP contribution in [0.3, 0.4) is 0 Å². The Kier molecular flexibility index (Phi) is 6.46. The van der Waals surface area contributed by atoms with Crippen molar-refractivity contribution in [3.05, 3.63) is 182 Å². The topological polar surface area (TPSA) is 21.3 Å². The Labute approximate surface area is 273 Å². The molecule has 2 heterocycles. The van der Waals surface area contributed by atoms with E-state index in [-0.39, 0.29) is 0 Å². The van der Waals surface area contributed by atoms with E-state index in [0.717, 1.165) is 66.8 Å². The Morgan fingerprint density at radius 3 is 1.74 bits per heavy atom. The van der Waals surface area contributed by atoms with Crippen molar-refractivity contribution in [3.8, 4) is 27.9 Å². The van der Waals surface area contributed by atoms with Gasteiger partial charge in [0.25, 0.3) is 0 Å². The molecule has 9 aromatic rings. The molecule has 0 unspecified atom stereocenters. The fraction of sp³-hybridized carbons (Fsp3) is 0. The molecule has 7 aromatic carbocycles. The summed E-state index contributed by atoms with van der Waals surface area (Å²) in [5, 5.41) is 2.24. The van der Waals surface area contributed by atoms with Crippen molar-refractivity contribution in [1.29, 1.82) is 0 Å². The average Bonchev–Trinajstić information content (AvgIpc) is 3.68. The van der Waals surface area contributed by atoms with Crippen LogP contribution in [-0.2, 0) is 0 Å². The van der Waals surface area contributed by atoms with Crippen LogP contribution in [0.5, 0.6) is 0 Å². The van der Waals surface area contributed by atoms with Gasteiger partial charge < -0.3 is 13.9 Å². The molecule has 0 bridgehead atoms. The van der Waals surface area contributed by atoms with Crippen LogP contribution < -0.4 is 4.90 Å². The number of furan rings is 1. The molecule has 0 aliphatic rings. The summed E-state index contributed by atoms with van der Waals surface area (Å²) in [6, 6.07) is 64.3. The molecule has 0 amide bonds. The highest BCUT2D eigenvalue weighted by Gasteiger charge is 2.19. The molecule has 3 nitrogen and oxygen atoms in total. The summed E-state index contributed by atoms with van der Waals surface area (Å²) in [7, 11) is 0. The van der Waals surface area contributed by atoms with Crippen LogP contribution in [0.2, 0.25) is 0 Å². The average molecular weight is 603 g/mol. The van der Waals surface area contributed by atoms with E-state index in [9.17, 15) is 0 Å². The van der Waals surface area contributed by atoms with Gasteiger partial charge in [0.05, 0.1) is 5.52 Å². The van der Waals surface area contributed by atoms with Crippen molar-refractivity contribution in [2.75, 3.05) is 4.90 Å². The van der Waals surface area contributed by atoms with E-state index in [4.69, 9.17) is 4.42 Å². The lowest BCUT2D eigenvalue weighted by Crippen LogP contribution is -2.09. The molecular weight excluding hydrogens is 572 g/mol. The van der Waals surface area contributed by atoms with Gasteiger partial charge in [-0.1, -0.05) is 109 Å². The Bertz CT molecular complexity index is 2480. The third-order valence-electron chi connectivity index (χ3n) is 8.99. The molecule has 0 saturated heterocycles. The molecule has 47 heavy (non-hydrogen) atoms. The molecule has 0 aliphatic heterocycles. The van der Waals surface area contributed by atoms with E-state index in [1.807, 2.05) is 12.1 Å². The quantitative estimate of drug-likeness (QED) is 0.189. The highest BCUT2D eigenvalue weighted by Crippen LogP contribution is 2.40. The summed E-state index contributed by atoms with van der Waals surface area (Å²) in [6.07, 6.45) is 0. The van der Waals surface area contributed by atoms with Gasteiger partial charge >= 0.3 is 0 Å². The lowest BCUT2D eigenvalue weighted by molar-refractivity contribution is 0.673. The number of hydrogen-bond acceptors (Lipinski definition) is 2. The largest absolute Gasteiger partial charge is 0.454 e. The number of nitrogens with zero attached hydrogens (tertiary/aromatic N) is 2. The first-order valence-electron chi connectivity index (χ1n) is 15.9. The van der Waals surface area contributed by atoms with Crippen LogP contribution in [0.15, 0.2) is 186 Å². The second-order valence-electron chi connectivity index (χ2n) is 11.8. The zero-order valence-electron chi connectivity index (χ0n) is 25.6. The van der Waals surface area contributed by atoms with Crippen LogP contribution in [0.25, 0.3) is 60.9 Å². The van der Waals surface area contributed by atoms with Gasteiger partial charge in [0.15, 0.2) is 5.58 Å². The number of fused-ring (bicyclic) bond motifs is 5. The second kappa shape index (κ2) is 11.2. The Hall–Kier alpha value is -6.32. The predicted molar refractivity (Wildman–Crippen MR) is 196 cm³/mol. The van der Waals surface area contributed by atoms with Gasteiger partial charge in [0, 0.05) is 33.5 Å². The lowest BCUT2D eigenvalue weighted by atomic mass is 10.0. The van der Waals surface area contributed by atoms with E-state index >= 15 is 0 Å². The SMILES string of the molecule is c1ccc(-c2ccc(N(c3ccccc3)c3cccc(-c4ccc(-n5c6ccccc6c6oc7ccccc7c65)cc4)c3)cc2)cc1. The van der Waals surface area contributed by atoms with Gasteiger partial charge in [-0.15, -0.1) is 0 Å². The van der Waals surface area contributed by atoms with Crippen molar-refractivity contribution in [2.24, 2.45) is 0 Å². The van der Waals surface area contributed by atoms with Gasteiger partial charge in [-0.25, -0.2) is 0 Å². The number of para-hydroxylation sites is 3. The minimum atomic E-state index is 0.906. The normalized spacial score (nSPS) is 11.4. The number of rotatable bonds is 6. The maximum atomic E-state index is 6.37. The zero-order valence-corrected chi connectivity index (χ0v) is 25.6. The van der Waals surface area contributed by atoms with Crippen molar-refractivity contribution < 1.29 is 4.42 Å². The molecule has 3 heteroatoms. The van der Waals surface area contributed by atoms with Gasteiger partial charge in [0.1, 0.15) is 11.1 Å². The van der Waals surface area contributed by atoms with Crippen molar-refractivity contribution >= 4 is 50.0 Å². The van der Waals surface area contributed by atoms with E-state index in [0.29, 0.717) is 0 Å². The fourth-order valence-electron chi connectivity index (χ4n) is 6.77. The molecule has 0 N–H and O–H groups in total. The maximum absolute atomic E-state index is 6.37. The zero-order chi connectivity index (χ0) is 31.2. The third-order valence-corrected chi connectivity index (χ3v) is 8.99.